The summed E-state index contributed by atoms with van der Waals surface area (Å²) in [6.45, 7) is 5.83. The number of ether oxygens (including phenoxy) is 1. The van der Waals surface area contributed by atoms with Gasteiger partial charge in [0.2, 0.25) is 0 Å². The Morgan fingerprint density at radius 2 is 1.88 bits per heavy atom. The van der Waals surface area contributed by atoms with Crippen LogP contribution in [0.1, 0.15) is 26.3 Å². The highest BCUT2D eigenvalue weighted by atomic mass is 16.5. The molecule has 1 aromatic rings. The van der Waals surface area contributed by atoms with E-state index >= 15 is 0 Å². The summed E-state index contributed by atoms with van der Waals surface area (Å²) in [4.78, 5) is 16.0. The lowest BCUT2D eigenvalue weighted by atomic mass is 9.95. The van der Waals surface area contributed by atoms with Gasteiger partial charge in [0.25, 0.3) is 0 Å². The molecular formula is C14H17NO2. The van der Waals surface area contributed by atoms with Crippen molar-refractivity contribution in [3.63, 3.8) is 0 Å². The zero-order chi connectivity index (χ0) is 12.4. The quantitative estimate of drug-likeness (QED) is 0.733. The van der Waals surface area contributed by atoms with Gasteiger partial charge in [0, 0.05) is 0 Å². The van der Waals surface area contributed by atoms with Crippen LogP contribution in [-0.2, 0) is 9.53 Å². The highest BCUT2D eigenvalue weighted by Crippen LogP contribution is 2.21. The molecule has 0 fully saturated rings. The van der Waals surface area contributed by atoms with Crippen molar-refractivity contribution in [1.82, 2.24) is 0 Å². The molecular weight excluding hydrogens is 214 g/mol. The van der Waals surface area contributed by atoms with Crippen molar-refractivity contribution >= 4 is 11.7 Å². The van der Waals surface area contributed by atoms with E-state index in [0.717, 1.165) is 11.3 Å². The molecule has 0 saturated carbocycles. The molecule has 1 aliphatic rings. The van der Waals surface area contributed by atoms with Crippen molar-refractivity contribution in [2.45, 2.75) is 32.9 Å². The summed E-state index contributed by atoms with van der Waals surface area (Å²) in [5, 5.41) is 0. The first kappa shape index (κ1) is 11.8. The average Bonchev–Trinajstić information content (AvgIpc) is 2.33. The molecule has 0 spiro atoms. The molecule has 0 radical (unpaired) electrons. The van der Waals surface area contributed by atoms with Crippen LogP contribution >= 0.6 is 0 Å². The second kappa shape index (κ2) is 4.70. The van der Waals surface area contributed by atoms with Gasteiger partial charge < -0.3 is 4.74 Å². The number of benzene rings is 1. The number of rotatable bonds is 2. The van der Waals surface area contributed by atoms with Gasteiger partial charge in [-0.3, -0.25) is 4.99 Å². The highest BCUT2D eigenvalue weighted by molar-refractivity contribution is 6.07. The predicted octanol–water partition coefficient (Wildman–Crippen LogP) is 2.45. The van der Waals surface area contributed by atoms with Gasteiger partial charge >= 0.3 is 5.97 Å². The van der Waals surface area contributed by atoms with E-state index < -0.39 is 6.04 Å². The van der Waals surface area contributed by atoms with Crippen LogP contribution in [0.25, 0.3) is 0 Å². The lowest BCUT2D eigenvalue weighted by Gasteiger charge is -2.29. The first-order valence-electron chi connectivity index (χ1n) is 5.93. The summed E-state index contributed by atoms with van der Waals surface area (Å²) in [7, 11) is 0. The molecule has 3 nitrogen and oxygen atoms in total. The normalized spacial score (nSPS) is 24.5. The molecule has 2 rings (SSSR count). The van der Waals surface area contributed by atoms with E-state index in [-0.39, 0.29) is 18.0 Å². The minimum atomic E-state index is -0.403. The van der Waals surface area contributed by atoms with Crippen molar-refractivity contribution in [3.05, 3.63) is 35.9 Å². The van der Waals surface area contributed by atoms with Gasteiger partial charge in [0.1, 0.15) is 12.1 Å². The molecule has 0 N–H and O–H groups in total. The molecule has 0 aliphatic carbocycles. The van der Waals surface area contributed by atoms with Gasteiger partial charge in [0.05, 0.1) is 5.71 Å². The van der Waals surface area contributed by atoms with Crippen LogP contribution in [0.15, 0.2) is 35.3 Å². The summed E-state index contributed by atoms with van der Waals surface area (Å²) in [6, 6.07) is 9.50. The summed E-state index contributed by atoms with van der Waals surface area (Å²) in [5.41, 5.74) is 1.92. The van der Waals surface area contributed by atoms with Crippen molar-refractivity contribution in [2.75, 3.05) is 0 Å². The van der Waals surface area contributed by atoms with E-state index in [4.69, 9.17) is 4.74 Å². The standard InChI is InChI=1S/C14H17NO2/c1-9(2)13-12(11-7-5-4-6-8-11)15-10(3)14(16)17-13/h4-10,13H,1-3H3. The maximum Gasteiger partial charge on any atom is 0.331 e. The van der Waals surface area contributed by atoms with Crippen molar-refractivity contribution in [3.8, 4) is 0 Å². The third kappa shape index (κ3) is 2.38. The first-order valence-corrected chi connectivity index (χ1v) is 5.93. The van der Waals surface area contributed by atoms with Gasteiger partial charge in [-0.2, -0.15) is 0 Å². The zero-order valence-corrected chi connectivity index (χ0v) is 10.4. The fourth-order valence-corrected chi connectivity index (χ4v) is 1.91. The molecule has 0 aromatic heterocycles. The van der Waals surface area contributed by atoms with E-state index in [1.54, 1.807) is 6.92 Å². The average molecular weight is 231 g/mol. The van der Waals surface area contributed by atoms with Gasteiger partial charge in [-0.05, 0) is 18.4 Å². The van der Waals surface area contributed by atoms with Crippen LogP contribution in [0.5, 0.6) is 0 Å². The summed E-state index contributed by atoms with van der Waals surface area (Å²) >= 11 is 0. The molecule has 2 atom stereocenters. The third-order valence-corrected chi connectivity index (χ3v) is 2.86. The lowest BCUT2D eigenvalue weighted by molar-refractivity contribution is -0.149. The Labute approximate surface area is 102 Å². The lowest BCUT2D eigenvalue weighted by Crippen LogP contribution is -2.41. The van der Waals surface area contributed by atoms with Crippen molar-refractivity contribution < 1.29 is 9.53 Å². The molecule has 1 aliphatic heterocycles. The summed E-state index contributed by atoms with van der Waals surface area (Å²) in [5.74, 6) is -0.00575. The van der Waals surface area contributed by atoms with Crippen LogP contribution in [0.4, 0.5) is 0 Å². The number of cyclic esters (lactones) is 1. The first-order chi connectivity index (χ1) is 8.09. The topological polar surface area (TPSA) is 38.7 Å². The monoisotopic (exact) mass is 231 g/mol. The number of esters is 1. The maximum atomic E-state index is 11.6. The number of nitrogens with zero attached hydrogens (tertiary/aromatic N) is 1. The fourth-order valence-electron chi connectivity index (χ4n) is 1.91. The Bertz CT molecular complexity index is 437. The van der Waals surface area contributed by atoms with E-state index in [2.05, 4.69) is 4.99 Å². The Morgan fingerprint density at radius 3 is 2.47 bits per heavy atom. The molecule has 0 bridgehead atoms. The molecule has 17 heavy (non-hydrogen) atoms. The SMILES string of the molecule is CC1N=C(c2ccccc2)C(C(C)C)OC1=O. The van der Waals surface area contributed by atoms with Crippen LogP contribution < -0.4 is 0 Å². The Kier molecular flexibility index (Phi) is 3.27. The number of hydrogen-bond donors (Lipinski definition) is 0. The fraction of sp³-hybridized carbons (Fsp3) is 0.429. The van der Waals surface area contributed by atoms with Crippen LogP contribution in [-0.4, -0.2) is 23.8 Å². The largest absolute Gasteiger partial charge is 0.454 e. The van der Waals surface area contributed by atoms with Crippen LogP contribution in [0.3, 0.4) is 0 Å². The predicted molar refractivity (Wildman–Crippen MR) is 67.2 cm³/mol. The minimum Gasteiger partial charge on any atom is -0.454 e. The molecule has 0 saturated heterocycles. The molecule has 3 heteroatoms. The summed E-state index contributed by atoms with van der Waals surface area (Å²) in [6.07, 6.45) is -0.235. The molecule has 1 heterocycles. The minimum absolute atomic E-state index is 0.227. The molecule has 90 valence electrons. The van der Waals surface area contributed by atoms with E-state index in [0.29, 0.717) is 0 Å². The van der Waals surface area contributed by atoms with Gasteiger partial charge in [-0.1, -0.05) is 44.2 Å². The number of aliphatic imine (C=N–C) groups is 1. The van der Waals surface area contributed by atoms with Crippen LogP contribution in [0, 0.1) is 5.92 Å². The van der Waals surface area contributed by atoms with E-state index in [1.807, 2.05) is 44.2 Å². The van der Waals surface area contributed by atoms with Crippen molar-refractivity contribution in [2.24, 2.45) is 10.9 Å². The smallest absolute Gasteiger partial charge is 0.331 e. The van der Waals surface area contributed by atoms with E-state index in [1.165, 1.54) is 0 Å². The van der Waals surface area contributed by atoms with Crippen molar-refractivity contribution in [1.29, 1.82) is 0 Å². The zero-order valence-electron chi connectivity index (χ0n) is 10.4. The summed E-state index contributed by atoms with van der Waals surface area (Å²) < 4.78 is 5.46. The molecule has 1 aromatic carbocycles. The van der Waals surface area contributed by atoms with E-state index in [9.17, 15) is 4.79 Å². The van der Waals surface area contributed by atoms with Crippen LogP contribution in [0.2, 0.25) is 0 Å². The molecule has 0 amide bonds. The van der Waals surface area contributed by atoms with Gasteiger partial charge in [0.15, 0.2) is 0 Å². The Hall–Kier alpha value is -1.64. The Balaban J connectivity index is 2.41. The number of hydrogen-bond acceptors (Lipinski definition) is 3. The second-order valence-electron chi connectivity index (χ2n) is 4.66. The maximum absolute atomic E-state index is 11.6. The van der Waals surface area contributed by atoms with Gasteiger partial charge in [-0.15, -0.1) is 0 Å². The third-order valence-electron chi connectivity index (χ3n) is 2.86. The Morgan fingerprint density at radius 1 is 1.24 bits per heavy atom. The number of carbonyl (C=O) groups excluding carboxylic acids is 1. The second-order valence-corrected chi connectivity index (χ2v) is 4.66. The highest BCUT2D eigenvalue weighted by Gasteiger charge is 2.32. The molecule has 2 unspecified atom stereocenters. The number of carbonyl (C=O) groups is 1. The van der Waals surface area contributed by atoms with Gasteiger partial charge in [-0.25, -0.2) is 4.79 Å².